The Morgan fingerprint density at radius 1 is 1.07 bits per heavy atom. The Labute approximate surface area is 179 Å². The summed E-state index contributed by atoms with van der Waals surface area (Å²) in [5, 5.41) is 7.32. The van der Waals surface area contributed by atoms with Crippen LogP contribution in [-0.4, -0.2) is 24.8 Å². The fourth-order valence-corrected chi connectivity index (χ4v) is 4.09. The van der Waals surface area contributed by atoms with E-state index in [4.69, 9.17) is 21.7 Å². The molecular weight excluding hydrogens is 404 g/mol. The highest BCUT2D eigenvalue weighted by Gasteiger charge is 2.18. The van der Waals surface area contributed by atoms with Crippen LogP contribution in [0.15, 0.2) is 60.7 Å². The zero-order valence-corrected chi connectivity index (χ0v) is 17.9. The molecule has 7 heteroatoms. The lowest BCUT2D eigenvalue weighted by Crippen LogP contribution is -2.20. The molecule has 3 aromatic rings. The van der Waals surface area contributed by atoms with Gasteiger partial charge in [-0.05, 0) is 55.0 Å². The second-order valence-electron chi connectivity index (χ2n) is 6.15. The molecule has 0 saturated carbocycles. The molecule has 150 valence electrons. The topological polar surface area (TPSA) is 59.6 Å². The van der Waals surface area contributed by atoms with Gasteiger partial charge in [0.05, 0.1) is 19.3 Å². The average molecular weight is 427 g/mol. The molecule has 0 aliphatic carbocycles. The van der Waals surface area contributed by atoms with Crippen molar-refractivity contribution in [3.05, 3.63) is 76.7 Å². The quantitative estimate of drug-likeness (QED) is 0.393. The van der Waals surface area contributed by atoms with Crippen LogP contribution in [-0.2, 0) is 11.2 Å². The van der Waals surface area contributed by atoms with E-state index in [1.54, 1.807) is 14.0 Å². The first-order chi connectivity index (χ1) is 14.1. The smallest absolute Gasteiger partial charge is 0.341 e. The van der Waals surface area contributed by atoms with E-state index in [0.29, 0.717) is 22.3 Å². The normalized spacial score (nSPS) is 10.3. The van der Waals surface area contributed by atoms with Gasteiger partial charge in [0.15, 0.2) is 5.11 Å². The number of ether oxygens (including phenoxy) is 2. The van der Waals surface area contributed by atoms with E-state index in [-0.39, 0.29) is 5.97 Å². The van der Waals surface area contributed by atoms with Crippen LogP contribution in [0.1, 0.15) is 27.7 Å². The Hall–Kier alpha value is -2.90. The first-order valence-electron chi connectivity index (χ1n) is 9.15. The highest BCUT2D eigenvalue weighted by atomic mass is 32.1. The number of carbonyl (C=O) groups excluding carboxylic acids is 1. The maximum Gasteiger partial charge on any atom is 0.341 e. The van der Waals surface area contributed by atoms with Gasteiger partial charge in [-0.25, -0.2) is 4.79 Å². The number of thiocarbonyl (C=S) groups is 1. The number of methoxy groups -OCH3 is 1. The van der Waals surface area contributed by atoms with Gasteiger partial charge in [-0.2, -0.15) is 0 Å². The number of esters is 1. The Kier molecular flexibility index (Phi) is 7.21. The van der Waals surface area contributed by atoms with Crippen LogP contribution >= 0.6 is 23.6 Å². The summed E-state index contributed by atoms with van der Waals surface area (Å²) >= 11 is 6.92. The standard InChI is InChI=1S/C22H22N2O3S2/c1-3-27-21(25)19-14-18(13-15-7-5-4-6-8-15)29-20(19)24-22(28)23-16-9-11-17(26-2)12-10-16/h4-12,14H,3,13H2,1-2H3,(H2,23,24,28). The lowest BCUT2D eigenvalue weighted by atomic mass is 10.1. The Morgan fingerprint density at radius 3 is 2.45 bits per heavy atom. The van der Waals surface area contributed by atoms with Crippen molar-refractivity contribution in [1.82, 2.24) is 0 Å². The Balaban J connectivity index is 1.76. The van der Waals surface area contributed by atoms with Crippen molar-refractivity contribution in [2.75, 3.05) is 24.4 Å². The molecule has 0 atom stereocenters. The van der Waals surface area contributed by atoms with Gasteiger partial charge in [-0.1, -0.05) is 30.3 Å². The molecule has 0 radical (unpaired) electrons. The summed E-state index contributed by atoms with van der Waals surface area (Å²) in [7, 11) is 1.62. The molecule has 0 aliphatic rings. The van der Waals surface area contributed by atoms with Crippen molar-refractivity contribution in [1.29, 1.82) is 0 Å². The van der Waals surface area contributed by atoms with E-state index >= 15 is 0 Å². The van der Waals surface area contributed by atoms with E-state index in [0.717, 1.165) is 22.7 Å². The fraction of sp³-hybridized carbons (Fsp3) is 0.182. The van der Waals surface area contributed by atoms with E-state index in [9.17, 15) is 4.79 Å². The minimum absolute atomic E-state index is 0.316. The maximum atomic E-state index is 12.4. The van der Waals surface area contributed by atoms with E-state index in [1.165, 1.54) is 16.9 Å². The van der Waals surface area contributed by atoms with Crippen molar-refractivity contribution in [2.24, 2.45) is 0 Å². The predicted molar refractivity (Wildman–Crippen MR) is 122 cm³/mol. The third-order valence-corrected chi connectivity index (χ3v) is 5.33. The van der Waals surface area contributed by atoms with E-state index in [2.05, 4.69) is 22.8 Å². The SMILES string of the molecule is CCOC(=O)c1cc(Cc2ccccc2)sc1NC(=S)Nc1ccc(OC)cc1. The molecule has 0 spiro atoms. The summed E-state index contributed by atoms with van der Waals surface area (Å²) in [6, 6.07) is 19.4. The van der Waals surface area contributed by atoms with Gasteiger partial charge in [0.2, 0.25) is 0 Å². The zero-order chi connectivity index (χ0) is 20.6. The van der Waals surface area contributed by atoms with Crippen LogP contribution in [0.25, 0.3) is 0 Å². The molecule has 0 aliphatic heterocycles. The molecule has 0 amide bonds. The van der Waals surface area contributed by atoms with Crippen molar-refractivity contribution in [3.8, 4) is 5.75 Å². The first kappa shape index (κ1) is 20.8. The van der Waals surface area contributed by atoms with Gasteiger partial charge in [-0.3, -0.25) is 0 Å². The van der Waals surface area contributed by atoms with Crippen molar-refractivity contribution < 1.29 is 14.3 Å². The molecule has 0 saturated heterocycles. The first-order valence-corrected chi connectivity index (χ1v) is 10.4. The number of benzene rings is 2. The second-order valence-corrected chi connectivity index (χ2v) is 7.69. The summed E-state index contributed by atoms with van der Waals surface area (Å²) < 4.78 is 10.4. The maximum absolute atomic E-state index is 12.4. The van der Waals surface area contributed by atoms with Gasteiger partial charge >= 0.3 is 5.97 Å². The monoisotopic (exact) mass is 426 g/mol. The molecule has 2 N–H and O–H groups in total. The van der Waals surface area contributed by atoms with Crippen molar-refractivity contribution in [2.45, 2.75) is 13.3 Å². The van der Waals surface area contributed by atoms with Gasteiger partial charge in [0.25, 0.3) is 0 Å². The van der Waals surface area contributed by atoms with E-state index in [1.807, 2.05) is 48.5 Å². The largest absolute Gasteiger partial charge is 0.497 e. The number of hydrogen-bond acceptors (Lipinski definition) is 5. The van der Waals surface area contributed by atoms with Gasteiger partial charge in [0.1, 0.15) is 10.8 Å². The predicted octanol–water partition coefficient (Wildman–Crippen LogP) is 5.33. The second kappa shape index (κ2) is 10.0. The number of rotatable bonds is 7. The number of hydrogen-bond donors (Lipinski definition) is 2. The summed E-state index contributed by atoms with van der Waals surface area (Å²) in [5.74, 6) is 0.403. The fourth-order valence-electron chi connectivity index (χ4n) is 2.72. The average Bonchev–Trinajstić information content (AvgIpc) is 3.11. The van der Waals surface area contributed by atoms with Gasteiger partial charge in [0, 0.05) is 17.0 Å². The number of carbonyl (C=O) groups is 1. The van der Waals surface area contributed by atoms with Gasteiger partial charge in [-0.15, -0.1) is 11.3 Å². The van der Waals surface area contributed by atoms with Crippen LogP contribution in [0, 0.1) is 0 Å². The summed E-state index contributed by atoms with van der Waals surface area (Å²) in [4.78, 5) is 13.5. The zero-order valence-electron chi connectivity index (χ0n) is 16.2. The third-order valence-electron chi connectivity index (χ3n) is 4.07. The van der Waals surface area contributed by atoms with Crippen LogP contribution < -0.4 is 15.4 Å². The van der Waals surface area contributed by atoms with Crippen LogP contribution in [0.2, 0.25) is 0 Å². The van der Waals surface area contributed by atoms with E-state index < -0.39 is 0 Å². The highest BCUT2D eigenvalue weighted by Crippen LogP contribution is 2.31. The van der Waals surface area contributed by atoms with Crippen molar-refractivity contribution >= 4 is 45.3 Å². The summed E-state index contributed by atoms with van der Waals surface area (Å²) in [5.41, 5.74) is 2.48. The third kappa shape index (κ3) is 5.79. The molecule has 29 heavy (non-hydrogen) atoms. The molecule has 0 bridgehead atoms. The summed E-state index contributed by atoms with van der Waals surface area (Å²) in [6.45, 7) is 2.11. The number of thiophene rings is 1. The lowest BCUT2D eigenvalue weighted by molar-refractivity contribution is 0.0528. The molecular formula is C22H22N2O3S2. The van der Waals surface area contributed by atoms with Crippen LogP contribution in [0.4, 0.5) is 10.7 Å². The Bertz CT molecular complexity index is 969. The lowest BCUT2D eigenvalue weighted by Gasteiger charge is -2.11. The number of anilines is 2. The van der Waals surface area contributed by atoms with Crippen molar-refractivity contribution in [3.63, 3.8) is 0 Å². The molecule has 0 fully saturated rings. The van der Waals surface area contributed by atoms with Gasteiger partial charge < -0.3 is 20.1 Å². The molecule has 1 heterocycles. The van der Waals surface area contributed by atoms with Crippen LogP contribution in [0.3, 0.4) is 0 Å². The molecule has 1 aromatic heterocycles. The number of nitrogens with one attached hydrogen (secondary N) is 2. The molecule has 5 nitrogen and oxygen atoms in total. The molecule has 2 aromatic carbocycles. The van der Waals surface area contributed by atoms with Crippen LogP contribution in [0.5, 0.6) is 5.75 Å². The highest BCUT2D eigenvalue weighted by molar-refractivity contribution is 7.80. The molecule has 0 unspecified atom stereocenters. The minimum atomic E-state index is -0.363. The summed E-state index contributed by atoms with van der Waals surface area (Å²) in [6.07, 6.45) is 0.734. The Morgan fingerprint density at radius 2 is 1.79 bits per heavy atom. The molecule has 3 rings (SSSR count). The minimum Gasteiger partial charge on any atom is -0.497 e.